The van der Waals surface area contributed by atoms with Crippen LogP contribution < -0.4 is 4.90 Å². The van der Waals surface area contributed by atoms with Crippen molar-refractivity contribution in [1.82, 2.24) is 14.8 Å². The maximum Gasteiger partial charge on any atom is 0.236 e. The van der Waals surface area contributed by atoms with Crippen molar-refractivity contribution in [3.05, 3.63) is 59.6 Å². The van der Waals surface area contributed by atoms with Gasteiger partial charge >= 0.3 is 0 Å². The first-order chi connectivity index (χ1) is 13.6. The summed E-state index contributed by atoms with van der Waals surface area (Å²) < 4.78 is 1.20. The summed E-state index contributed by atoms with van der Waals surface area (Å²) in [5, 5.41) is 1.06. The van der Waals surface area contributed by atoms with Gasteiger partial charge in [-0.2, -0.15) is 0 Å². The van der Waals surface area contributed by atoms with Crippen LogP contribution in [0.2, 0.25) is 0 Å². The van der Waals surface area contributed by atoms with E-state index in [-0.39, 0.29) is 11.9 Å². The molecule has 2 heterocycles. The number of thiazole rings is 1. The average Bonchev–Trinajstić information content (AvgIpc) is 3.18. The molecule has 0 spiro atoms. The molecule has 3 aromatic rings. The number of hydrogen-bond acceptors (Lipinski definition) is 5. The van der Waals surface area contributed by atoms with Gasteiger partial charge < -0.3 is 9.80 Å². The maximum absolute atomic E-state index is 12.8. The van der Waals surface area contributed by atoms with E-state index < -0.39 is 0 Å². The fraction of sp³-hybridized carbons (Fsp3) is 0.364. The van der Waals surface area contributed by atoms with Crippen molar-refractivity contribution in [2.75, 3.05) is 44.7 Å². The second-order valence-electron chi connectivity index (χ2n) is 7.31. The molecular formula is C22H26N4OS. The summed E-state index contributed by atoms with van der Waals surface area (Å²) in [7, 11) is 2.01. The smallest absolute Gasteiger partial charge is 0.236 e. The van der Waals surface area contributed by atoms with E-state index in [1.165, 1.54) is 10.4 Å². The largest absolute Gasteiger partial charge is 0.368 e. The third-order valence-corrected chi connectivity index (χ3v) is 6.67. The second-order valence-corrected chi connectivity index (χ2v) is 8.38. The lowest BCUT2D eigenvalue weighted by Gasteiger charge is -2.37. The van der Waals surface area contributed by atoms with E-state index in [9.17, 15) is 4.79 Å². The lowest BCUT2D eigenvalue weighted by Crippen LogP contribution is -2.51. The van der Waals surface area contributed by atoms with Crippen LogP contribution >= 0.6 is 11.3 Å². The third-order valence-electron chi connectivity index (χ3n) is 5.47. The van der Waals surface area contributed by atoms with Gasteiger partial charge in [0, 0.05) is 31.9 Å². The molecule has 1 amide bonds. The molecule has 0 N–H and O–H groups in total. The van der Waals surface area contributed by atoms with Gasteiger partial charge in [-0.25, -0.2) is 4.98 Å². The Hall–Kier alpha value is -2.44. The second kappa shape index (κ2) is 8.29. The summed E-state index contributed by atoms with van der Waals surface area (Å²) in [5.74, 6) is 0.197. The minimum atomic E-state index is 0.118. The van der Waals surface area contributed by atoms with Crippen molar-refractivity contribution in [2.24, 2.45) is 0 Å². The number of hydrogen-bond donors (Lipinski definition) is 0. The number of rotatable bonds is 5. The molecule has 0 radical (unpaired) electrons. The molecule has 1 atom stereocenters. The lowest BCUT2D eigenvalue weighted by atomic mass is 10.2. The Morgan fingerprint density at radius 1 is 1.07 bits per heavy atom. The SMILES string of the molecule is C[C@H](c1nc2ccccc2s1)N(C)CC(=O)N1CCN(c2ccccc2)CC1. The van der Waals surface area contributed by atoms with E-state index in [1.54, 1.807) is 11.3 Å². The zero-order valence-corrected chi connectivity index (χ0v) is 17.2. The summed E-state index contributed by atoms with van der Waals surface area (Å²) in [6, 6.07) is 18.7. The molecule has 0 unspecified atom stereocenters. The van der Waals surface area contributed by atoms with Gasteiger partial charge in [-0.3, -0.25) is 9.69 Å². The molecule has 1 aliphatic rings. The van der Waals surface area contributed by atoms with Gasteiger partial charge in [-0.15, -0.1) is 11.3 Å². The van der Waals surface area contributed by atoms with Crippen LogP contribution in [0, 0.1) is 0 Å². The molecule has 0 bridgehead atoms. The quantitative estimate of drug-likeness (QED) is 0.662. The van der Waals surface area contributed by atoms with Crippen LogP contribution in [0.1, 0.15) is 18.0 Å². The van der Waals surface area contributed by atoms with Gasteiger partial charge in [-0.1, -0.05) is 30.3 Å². The highest BCUT2D eigenvalue weighted by Gasteiger charge is 2.24. The summed E-state index contributed by atoms with van der Waals surface area (Å²) in [5.41, 5.74) is 2.27. The number of nitrogens with zero attached hydrogens (tertiary/aromatic N) is 4. The molecule has 2 aromatic carbocycles. The number of piperazine rings is 1. The number of anilines is 1. The van der Waals surface area contributed by atoms with Crippen molar-refractivity contribution in [1.29, 1.82) is 0 Å². The third kappa shape index (κ3) is 4.03. The first-order valence-electron chi connectivity index (χ1n) is 9.75. The van der Waals surface area contributed by atoms with Gasteiger partial charge in [0.15, 0.2) is 0 Å². The van der Waals surface area contributed by atoms with Crippen LogP contribution in [0.4, 0.5) is 5.69 Å². The van der Waals surface area contributed by atoms with Crippen LogP contribution in [0.25, 0.3) is 10.2 Å². The molecule has 1 aromatic heterocycles. The molecule has 146 valence electrons. The van der Waals surface area contributed by atoms with Crippen molar-refractivity contribution < 1.29 is 4.79 Å². The maximum atomic E-state index is 12.8. The van der Waals surface area contributed by atoms with Gasteiger partial charge in [-0.05, 0) is 38.2 Å². The molecule has 1 fully saturated rings. The van der Waals surface area contributed by atoms with E-state index in [0.29, 0.717) is 6.54 Å². The number of aromatic nitrogens is 1. The highest BCUT2D eigenvalue weighted by Crippen LogP contribution is 2.28. The molecule has 1 aliphatic heterocycles. The Labute approximate surface area is 170 Å². The molecule has 4 rings (SSSR count). The Kier molecular flexibility index (Phi) is 5.59. The van der Waals surface area contributed by atoms with Crippen molar-refractivity contribution in [3.8, 4) is 0 Å². The Bertz CT molecular complexity index is 901. The fourth-order valence-corrected chi connectivity index (χ4v) is 4.65. The van der Waals surface area contributed by atoms with Crippen molar-refractivity contribution in [2.45, 2.75) is 13.0 Å². The summed E-state index contributed by atoms with van der Waals surface area (Å²) >= 11 is 1.71. The predicted octanol–water partition coefficient (Wildman–Crippen LogP) is 3.64. The predicted molar refractivity (Wildman–Crippen MR) is 116 cm³/mol. The highest BCUT2D eigenvalue weighted by molar-refractivity contribution is 7.18. The lowest BCUT2D eigenvalue weighted by molar-refractivity contribution is -0.132. The number of amides is 1. The number of fused-ring (bicyclic) bond motifs is 1. The Morgan fingerprint density at radius 3 is 2.46 bits per heavy atom. The zero-order valence-electron chi connectivity index (χ0n) is 16.4. The molecule has 5 nitrogen and oxygen atoms in total. The van der Waals surface area contributed by atoms with Crippen molar-refractivity contribution >= 4 is 33.1 Å². The zero-order chi connectivity index (χ0) is 19.5. The summed E-state index contributed by atoms with van der Waals surface area (Å²) in [6.45, 7) is 5.86. The summed E-state index contributed by atoms with van der Waals surface area (Å²) in [4.78, 5) is 24.0. The molecule has 0 aliphatic carbocycles. The minimum Gasteiger partial charge on any atom is -0.368 e. The first kappa shape index (κ1) is 18.9. The van der Waals surface area contributed by atoms with Crippen molar-refractivity contribution in [3.63, 3.8) is 0 Å². The molecular weight excluding hydrogens is 368 g/mol. The van der Waals surface area contributed by atoms with Gasteiger partial charge in [0.2, 0.25) is 5.91 Å². The van der Waals surface area contributed by atoms with E-state index >= 15 is 0 Å². The van der Waals surface area contributed by atoms with E-state index in [4.69, 9.17) is 4.98 Å². The van der Waals surface area contributed by atoms with Gasteiger partial charge in [0.05, 0.1) is 22.8 Å². The molecule has 6 heteroatoms. The topological polar surface area (TPSA) is 39.7 Å². The monoisotopic (exact) mass is 394 g/mol. The standard InChI is InChI=1S/C22H26N4OS/c1-17(22-23-19-10-6-7-11-20(19)28-22)24(2)16-21(27)26-14-12-25(13-15-26)18-8-4-3-5-9-18/h3-11,17H,12-16H2,1-2H3/t17-/m1/s1. The molecule has 0 saturated carbocycles. The van der Waals surface area contributed by atoms with E-state index in [2.05, 4.69) is 47.1 Å². The van der Waals surface area contributed by atoms with Crippen LogP contribution in [-0.4, -0.2) is 60.5 Å². The summed E-state index contributed by atoms with van der Waals surface area (Å²) in [6.07, 6.45) is 0. The van der Waals surface area contributed by atoms with E-state index in [1.807, 2.05) is 36.2 Å². The fourth-order valence-electron chi connectivity index (χ4n) is 3.56. The van der Waals surface area contributed by atoms with Gasteiger partial charge in [0.25, 0.3) is 0 Å². The first-order valence-corrected chi connectivity index (χ1v) is 10.6. The number of para-hydroxylation sites is 2. The molecule has 1 saturated heterocycles. The Morgan fingerprint density at radius 2 is 1.75 bits per heavy atom. The van der Waals surface area contributed by atoms with Crippen LogP contribution in [0.15, 0.2) is 54.6 Å². The van der Waals surface area contributed by atoms with Crippen LogP contribution in [0.5, 0.6) is 0 Å². The van der Waals surface area contributed by atoms with Gasteiger partial charge in [0.1, 0.15) is 5.01 Å². The highest BCUT2D eigenvalue weighted by atomic mass is 32.1. The van der Waals surface area contributed by atoms with Crippen LogP contribution in [0.3, 0.4) is 0 Å². The normalized spacial score (nSPS) is 16.0. The average molecular weight is 395 g/mol. The Balaban J connectivity index is 1.33. The number of carbonyl (C=O) groups excluding carboxylic acids is 1. The van der Waals surface area contributed by atoms with Crippen LogP contribution in [-0.2, 0) is 4.79 Å². The minimum absolute atomic E-state index is 0.118. The van der Waals surface area contributed by atoms with E-state index in [0.717, 1.165) is 36.7 Å². The number of benzene rings is 2. The molecule has 28 heavy (non-hydrogen) atoms. The number of likely N-dealkylation sites (N-methyl/N-ethyl adjacent to an activating group) is 1. The number of carbonyl (C=O) groups is 1.